The van der Waals surface area contributed by atoms with Crippen molar-refractivity contribution in [2.75, 3.05) is 39.4 Å². The number of benzene rings is 1. The number of nitrogens with one attached hydrogen (secondary N) is 3. The minimum Gasteiger partial charge on any atom is -0.379 e. The van der Waals surface area contributed by atoms with Crippen molar-refractivity contribution in [1.82, 2.24) is 21.1 Å². The van der Waals surface area contributed by atoms with Gasteiger partial charge in [-0.25, -0.2) is 10.9 Å². The molecule has 23 heavy (non-hydrogen) atoms. The van der Waals surface area contributed by atoms with Gasteiger partial charge in [-0.05, 0) is 24.9 Å². The maximum absolute atomic E-state index is 12.2. The number of carbonyl (C=O) groups excluding carboxylic acids is 1. The Morgan fingerprint density at radius 2 is 2.00 bits per heavy atom. The van der Waals surface area contributed by atoms with E-state index in [0.717, 1.165) is 52.2 Å². The predicted octanol–water partition coefficient (Wildman–Crippen LogP) is 0.433. The SMILES string of the molecule is O=C(NCCCN1CCOCC1)C1CC(c2ccccc2)NN1. The Morgan fingerprint density at radius 3 is 2.78 bits per heavy atom. The van der Waals surface area contributed by atoms with Gasteiger partial charge in [-0.3, -0.25) is 9.69 Å². The van der Waals surface area contributed by atoms with Crippen molar-refractivity contribution >= 4 is 5.91 Å². The van der Waals surface area contributed by atoms with Gasteiger partial charge in [-0.1, -0.05) is 30.3 Å². The van der Waals surface area contributed by atoms with E-state index in [0.29, 0.717) is 0 Å². The lowest BCUT2D eigenvalue weighted by atomic mass is 10.0. The molecule has 0 aromatic heterocycles. The molecule has 0 spiro atoms. The van der Waals surface area contributed by atoms with Crippen LogP contribution in [0.4, 0.5) is 0 Å². The normalized spacial score (nSPS) is 25.4. The summed E-state index contributed by atoms with van der Waals surface area (Å²) in [5.74, 6) is 0.0814. The number of rotatable bonds is 6. The lowest BCUT2D eigenvalue weighted by Crippen LogP contribution is -2.44. The summed E-state index contributed by atoms with van der Waals surface area (Å²) in [4.78, 5) is 14.6. The minimum atomic E-state index is -0.163. The Morgan fingerprint density at radius 1 is 1.22 bits per heavy atom. The molecule has 0 aliphatic carbocycles. The molecule has 0 radical (unpaired) electrons. The fourth-order valence-electron chi connectivity index (χ4n) is 3.09. The summed E-state index contributed by atoms with van der Waals surface area (Å²) in [6.07, 6.45) is 1.76. The zero-order valence-electron chi connectivity index (χ0n) is 13.5. The van der Waals surface area contributed by atoms with Gasteiger partial charge in [0, 0.05) is 25.7 Å². The summed E-state index contributed by atoms with van der Waals surface area (Å²) in [6, 6.07) is 10.3. The van der Waals surface area contributed by atoms with Crippen molar-refractivity contribution in [2.45, 2.75) is 24.9 Å². The Balaban J connectivity index is 1.34. The van der Waals surface area contributed by atoms with Crippen molar-refractivity contribution in [3.8, 4) is 0 Å². The van der Waals surface area contributed by atoms with Crippen LogP contribution in [0.3, 0.4) is 0 Å². The van der Waals surface area contributed by atoms with Crippen LogP contribution >= 0.6 is 0 Å². The summed E-state index contributed by atoms with van der Waals surface area (Å²) in [6.45, 7) is 5.40. The highest BCUT2D eigenvalue weighted by molar-refractivity contribution is 5.82. The molecule has 1 aromatic carbocycles. The molecule has 6 heteroatoms. The molecule has 0 bridgehead atoms. The van der Waals surface area contributed by atoms with Gasteiger partial charge in [0.25, 0.3) is 0 Å². The van der Waals surface area contributed by atoms with E-state index >= 15 is 0 Å². The Labute approximate surface area is 137 Å². The van der Waals surface area contributed by atoms with Crippen LogP contribution < -0.4 is 16.2 Å². The zero-order valence-corrected chi connectivity index (χ0v) is 13.5. The van der Waals surface area contributed by atoms with E-state index in [9.17, 15) is 4.79 Å². The number of morpholine rings is 1. The first-order valence-corrected chi connectivity index (χ1v) is 8.47. The lowest BCUT2D eigenvalue weighted by molar-refractivity contribution is -0.122. The molecule has 3 N–H and O–H groups in total. The first-order valence-electron chi connectivity index (χ1n) is 8.47. The monoisotopic (exact) mass is 318 g/mol. The third-order valence-corrected chi connectivity index (χ3v) is 4.48. The molecule has 6 nitrogen and oxygen atoms in total. The first-order chi connectivity index (χ1) is 11.3. The topological polar surface area (TPSA) is 65.6 Å². The van der Waals surface area contributed by atoms with Crippen LogP contribution in [0, 0.1) is 0 Å². The molecule has 2 atom stereocenters. The Kier molecular flexibility index (Phi) is 5.99. The van der Waals surface area contributed by atoms with Gasteiger partial charge in [0.2, 0.25) is 5.91 Å². The zero-order chi connectivity index (χ0) is 15.9. The van der Waals surface area contributed by atoms with Gasteiger partial charge in [0.1, 0.15) is 6.04 Å². The van der Waals surface area contributed by atoms with Crippen molar-refractivity contribution in [3.63, 3.8) is 0 Å². The highest BCUT2D eigenvalue weighted by atomic mass is 16.5. The van der Waals surface area contributed by atoms with Gasteiger partial charge in [-0.15, -0.1) is 0 Å². The summed E-state index contributed by atoms with van der Waals surface area (Å²) >= 11 is 0. The van der Waals surface area contributed by atoms with E-state index in [1.54, 1.807) is 0 Å². The number of hydrazine groups is 1. The number of hydrogen-bond donors (Lipinski definition) is 3. The highest BCUT2D eigenvalue weighted by Gasteiger charge is 2.29. The molecule has 1 aromatic rings. The minimum absolute atomic E-state index is 0.0814. The van der Waals surface area contributed by atoms with Crippen LogP contribution in [0.5, 0.6) is 0 Å². The van der Waals surface area contributed by atoms with E-state index in [2.05, 4.69) is 33.2 Å². The summed E-state index contributed by atoms with van der Waals surface area (Å²) < 4.78 is 5.33. The summed E-state index contributed by atoms with van der Waals surface area (Å²) in [5.41, 5.74) is 7.53. The van der Waals surface area contributed by atoms with Crippen LogP contribution in [0.15, 0.2) is 30.3 Å². The molecule has 126 valence electrons. The number of amides is 1. The quantitative estimate of drug-likeness (QED) is 0.664. The number of ether oxygens (including phenoxy) is 1. The molecule has 2 fully saturated rings. The van der Waals surface area contributed by atoms with Crippen LogP contribution in [0.1, 0.15) is 24.4 Å². The molecule has 0 saturated carbocycles. The molecule has 1 amide bonds. The van der Waals surface area contributed by atoms with Crippen molar-refractivity contribution < 1.29 is 9.53 Å². The average Bonchev–Trinajstić information content (AvgIpc) is 3.10. The van der Waals surface area contributed by atoms with Gasteiger partial charge in [0.05, 0.1) is 13.2 Å². The molecule has 2 aliphatic heterocycles. The number of nitrogens with zero attached hydrogens (tertiary/aromatic N) is 1. The Bertz CT molecular complexity index is 491. The predicted molar refractivity (Wildman–Crippen MR) is 88.7 cm³/mol. The van der Waals surface area contributed by atoms with E-state index in [4.69, 9.17) is 4.74 Å². The summed E-state index contributed by atoms with van der Waals surface area (Å²) in [7, 11) is 0. The molecular formula is C17H26N4O2. The van der Waals surface area contributed by atoms with E-state index in [1.807, 2.05) is 18.2 Å². The molecule has 2 saturated heterocycles. The van der Waals surface area contributed by atoms with Crippen LogP contribution in [0.25, 0.3) is 0 Å². The molecular weight excluding hydrogens is 292 g/mol. The Hall–Kier alpha value is -1.47. The number of hydrogen-bond acceptors (Lipinski definition) is 5. The third-order valence-electron chi connectivity index (χ3n) is 4.48. The standard InChI is InChI=1S/C17H26N4O2/c22-17(18-7-4-8-21-9-11-23-12-10-21)16-13-15(19-20-16)14-5-2-1-3-6-14/h1-3,5-6,15-16,19-20H,4,7-13H2,(H,18,22). The molecule has 2 heterocycles. The maximum Gasteiger partial charge on any atom is 0.238 e. The van der Waals surface area contributed by atoms with E-state index in [1.165, 1.54) is 5.56 Å². The van der Waals surface area contributed by atoms with Crippen molar-refractivity contribution in [3.05, 3.63) is 35.9 Å². The van der Waals surface area contributed by atoms with Crippen molar-refractivity contribution in [1.29, 1.82) is 0 Å². The fourth-order valence-corrected chi connectivity index (χ4v) is 3.09. The van der Waals surface area contributed by atoms with Gasteiger partial charge in [-0.2, -0.15) is 0 Å². The van der Waals surface area contributed by atoms with Gasteiger partial charge < -0.3 is 10.1 Å². The van der Waals surface area contributed by atoms with Crippen LogP contribution in [-0.2, 0) is 9.53 Å². The smallest absolute Gasteiger partial charge is 0.238 e. The van der Waals surface area contributed by atoms with Gasteiger partial charge in [0.15, 0.2) is 0 Å². The highest BCUT2D eigenvalue weighted by Crippen LogP contribution is 2.21. The van der Waals surface area contributed by atoms with E-state index < -0.39 is 0 Å². The fraction of sp³-hybridized carbons (Fsp3) is 0.588. The largest absolute Gasteiger partial charge is 0.379 e. The van der Waals surface area contributed by atoms with E-state index in [-0.39, 0.29) is 18.0 Å². The van der Waals surface area contributed by atoms with Crippen LogP contribution in [-0.4, -0.2) is 56.2 Å². The second-order valence-corrected chi connectivity index (χ2v) is 6.14. The average molecular weight is 318 g/mol. The number of carbonyl (C=O) groups is 1. The lowest BCUT2D eigenvalue weighted by Gasteiger charge is -2.26. The van der Waals surface area contributed by atoms with Crippen molar-refractivity contribution in [2.24, 2.45) is 0 Å². The van der Waals surface area contributed by atoms with Crippen LogP contribution in [0.2, 0.25) is 0 Å². The summed E-state index contributed by atoms with van der Waals surface area (Å²) in [5, 5.41) is 3.04. The first kappa shape index (κ1) is 16.4. The third kappa shape index (κ3) is 4.75. The molecule has 3 rings (SSSR count). The van der Waals surface area contributed by atoms with Gasteiger partial charge >= 0.3 is 0 Å². The second kappa shape index (κ2) is 8.40. The maximum atomic E-state index is 12.2. The second-order valence-electron chi connectivity index (χ2n) is 6.14. The molecule has 2 aliphatic rings. The molecule has 2 unspecified atom stereocenters.